The molecule has 0 amide bonds. The smallest absolute Gasteiger partial charge is 0.216 e. The van der Waals surface area contributed by atoms with Gasteiger partial charge in [0.15, 0.2) is 17.5 Å². The van der Waals surface area contributed by atoms with Gasteiger partial charge in [-0.1, -0.05) is 24.3 Å². The van der Waals surface area contributed by atoms with Gasteiger partial charge in [-0.2, -0.15) is 0 Å². The van der Waals surface area contributed by atoms with E-state index in [1.54, 1.807) is 38.4 Å². The number of likely N-dealkylation sites (N-methyl/N-ethyl adjacent to an activating group) is 1. The Balaban J connectivity index is 1.92. The van der Waals surface area contributed by atoms with Gasteiger partial charge in [-0.15, -0.1) is 0 Å². The summed E-state index contributed by atoms with van der Waals surface area (Å²) in [6.45, 7) is 0. The maximum absolute atomic E-state index is 11.7. The van der Waals surface area contributed by atoms with E-state index in [0.29, 0.717) is 5.75 Å². The molecule has 7 heteroatoms. The van der Waals surface area contributed by atoms with E-state index in [1.807, 2.05) is 12.1 Å². The zero-order chi connectivity index (χ0) is 18.7. The topological polar surface area (TPSA) is 108 Å². The third-order valence-electron chi connectivity index (χ3n) is 5.83. The minimum absolute atomic E-state index is 0.0724. The van der Waals surface area contributed by atoms with Gasteiger partial charge in [0.2, 0.25) is 5.72 Å². The fraction of sp³-hybridized carbons (Fsp3) is 0.368. The van der Waals surface area contributed by atoms with Gasteiger partial charge >= 0.3 is 0 Å². The Hall–Kier alpha value is -2.64. The largest absolute Gasteiger partial charge is 0.497 e. The van der Waals surface area contributed by atoms with Crippen molar-refractivity contribution in [1.82, 2.24) is 4.90 Å². The van der Waals surface area contributed by atoms with Crippen LogP contribution < -0.4 is 10.5 Å². The van der Waals surface area contributed by atoms with Crippen LogP contribution in [0.15, 0.2) is 53.6 Å². The predicted molar refractivity (Wildman–Crippen MR) is 95.4 cm³/mol. The number of carbonyl (C=O) groups excluding carboxylic acids is 1. The highest BCUT2D eigenvalue weighted by Gasteiger charge is 2.73. The Morgan fingerprint density at radius 2 is 1.85 bits per heavy atom. The number of allylic oxidation sites excluding steroid dienone is 4. The molecule has 1 aromatic rings. The molecule has 0 saturated heterocycles. The molecule has 1 aromatic carbocycles. The van der Waals surface area contributed by atoms with Crippen LogP contribution in [0.25, 0.3) is 0 Å². The number of nitrogens with zero attached hydrogens (tertiary/aromatic N) is 2. The second-order valence-electron chi connectivity index (χ2n) is 7.14. The molecule has 4 rings (SSSR count). The van der Waals surface area contributed by atoms with Crippen LogP contribution in [0, 0.1) is 5.41 Å². The molecular weight excluding hydrogens is 334 g/mol. The van der Waals surface area contributed by atoms with Crippen molar-refractivity contribution in [3.8, 4) is 5.75 Å². The van der Waals surface area contributed by atoms with Crippen molar-refractivity contribution in [2.45, 2.75) is 23.8 Å². The van der Waals surface area contributed by atoms with Gasteiger partial charge in [0.05, 0.1) is 13.0 Å². The first-order valence-corrected chi connectivity index (χ1v) is 8.36. The lowest BCUT2D eigenvalue weighted by Crippen LogP contribution is -2.57. The van der Waals surface area contributed by atoms with Crippen molar-refractivity contribution in [2.75, 3.05) is 14.2 Å². The average Bonchev–Trinajstić information content (AvgIpc) is 2.91. The van der Waals surface area contributed by atoms with E-state index in [2.05, 4.69) is 4.99 Å². The second-order valence-corrected chi connectivity index (χ2v) is 7.14. The highest BCUT2D eigenvalue weighted by molar-refractivity contribution is 6.00. The van der Waals surface area contributed by atoms with Crippen LogP contribution >= 0.6 is 0 Å². The summed E-state index contributed by atoms with van der Waals surface area (Å²) in [5, 5.41) is 22.9. The Kier molecular flexibility index (Phi) is 3.35. The maximum Gasteiger partial charge on any atom is 0.216 e. The van der Waals surface area contributed by atoms with Gasteiger partial charge in [-0.05, 0) is 29.8 Å². The molecule has 0 bridgehead atoms. The molecule has 0 aromatic heterocycles. The number of nitrogens with two attached hydrogens (primary N) is 1. The summed E-state index contributed by atoms with van der Waals surface area (Å²) in [6, 6.07) is 7.24. The third kappa shape index (κ3) is 1.95. The minimum atomic E-state index is -1.85. The van der Waals surface area contributed by atoms with E-state index in [1.165, 1.54) is 17.1 Å². The van der Waals surface area contributed by atoms with Crippen molar-refractivity contribution in [3.63, 3.8) is 0 Å². The van der Waals surface area contributed by atoms with Gasteiger partial charge in [-0.3, -0.25) is 4.79 Å². The molecule has 2 unspecified atom stereocenters. The van der Waals surface area contributed by atoms with E-state index in [-0.39, 0.29) is 18.2 Å². The van der Waals surface area contributed by atoms with Crippen molar-refractivity contribution < 1.29 is 19.7 Å². The van der Waals surface area contributed by atoms with Gasteiger partial charge in [0.1, 0.15) is 5.75 Å². The predicted octanol–water partition coefficient (Wildman–Crippen LogP) is 0.501. The molecule has 136 valence electrons. The standard InChI is InChI=1S/C19H21N3O4/c1-22-16(20)21-19(25)15(12-3-5-14(26-2)6-4-12)17(11-18(19,22)24)9-7-13(23)8-10-17/h3-10,15,24-25H,11H2,1-2H3,(H2,20,21)/t15-,18?,19?/m0/s1. The van der Waals surface area contributed by atoms with Crippen LogP contribution in [0.4, 0.5) is 0 Å². The number of ether oxygens (including phenoxy) is 1. The van der Waals surface area contributed by atoms with E-state index in [4.69, 9.17) is 10.5 Å². The van der Waals surface area contributed by atoms with Crippen LogP contribution in [0.5, 0.6) is 5.75 Å². The maximum atomic E-state index is 11.7. The van der Waals surface area contributed by atoms with Gasteiger partial charge in [-0.25, -0.2) is 4.99 Å². The van der Waals surface area contributed by atoms with Crippen LogP contribution in [0.3, 0.4) is 0 Å². The molecule has 3 aliphatic rings. The van der Waals surface area contributed by atoms with Crippen LogP contribution in [-0.4, -0.2) is 52.5 Å². The molecule has 1 fully saturated rings. The molecule has 1 saturated carbocycles. The third-order valence-corrected chi connectivity index (χ3v) is 5.83. The van der Waals surface area contributed by atoms with Gasteiger partial charge < -0.3 is 25.6 Å². The number of benzene rings is 1. The number of hydrogen-bond donors (Lipinski definition) is 3. The summed E-state index contributed by atoms with van der Waals surface area (Å²) in [5.74, 6) is -0.00534. The first-order chi connectivity index (χ1) is 12.3. The lowest BCUT2D eigenvalue weighted by Gasteiger charge is -2.37. The molecule has 2 aliphatic carbocycles. The van der Waals surface area contributed by atoms with Crippen LogP contribution in [0.2, 0.25) is 0 Å². The molecular formula is C19H21N3O4. The van der Waals surface area contributed by atoms with Gasteiger partial charge in [0.25, 0.3) is 0 Å². The van der Waals surface area contributed by atoms with Crippen LogP contribution in [-0.2, 0) is 4.79 Å². The summed E-state index contributed by atoms with van der Waals surface area (Å²) in [7, 11) is 3.18. The Bertz CT molecular complexity index is 844. The summed E-state index contributed by atoms with van der Waals surface area (Å²) in [4.78, 5) is 17.3. The highest BCUT2D eigenvalue weighted by Crippen LogP contribution is 2.64. The monoisotopic (exact) mass is 355 g/mol. The first-order valence-electron chi connectivity index (χ1n) is 8.36. The number of carbonyl (C=O) groups is 1. The number of ketones is 1. The fourth-order valence-corrected chi connectivity index (χ4v) is 4.46. The average molecular weight is 355 g/mol. The summed E-state index contributed by atoms with van der Waals surface area (Å²) >= 11 is 0. The Morgan fingerprint density at radius 3 is 2.42 bits per heavy atom. The van der Waals surface area contributed by atoms with E-state index >= 15 is 0 Å². The zero-order valence-electron chi connectivity index (χ0n) is 14.6. The van der Waals surface area contributed by atoms with Crippen LogP contribution in [0.1, 0.15) is 17.9 Å². The highest BCUT2D eigenvalue weighted by atomic mass is 16.5. The lowest BCUT2D eigenvalue weighted by molar-refractivity contribution is -0.173. The van der Waals surface area contributed by atoms with E-state index in [0.717, 1.165) is 5.56 Å². The van der Waals surface area contributed by atoms with Crippen molar-refractivity contribution in [1.29, 1.82) is 0 Å². The number of aliphatic hydroxyl groups is 2. The second kappa shape index (κ2) is 5.18. The molecule has 1 aliphatic heterocycles. The minimum Gasteiger partial charge on any atom is -0.497 e. The molecule has 1 spiro atoms. The number of fused-ring (bicyclic) bond motifs is 1. The number of hydrogen-bond acceptors (Lipinski definition) is 7. The Morgan fingerprint density at radius 1 is 1.23 bits per heavy atom. The quantitative estimate of drug-likeness (QED) is 0.713. The summed E-state index contributed by atoms with van der Waals surface area (Å²) < 4.78 is 5.21. The first kappa shape index (κ1) is 16.8. The number of aliphatic imine (C=N–C) groups is 1. The summed E-state index contributed by atoms with van der Waals surface area (Å²) in [5.41, 5.74) is 2.37. The van der Waals surface area contributed by atoms with E-state index < -0.39 is 22.8 Å². The lowest BCUT2D eigenvalue weighted by atomic mass is 9.70. The molecule has 0 radical (unpaired) electrons. The van der Waals surface area contributed by atoms with Crippen molar-refractivity contribution >= 4 is 11.7 Å². The number of rotatable bonds is 2. The molecule has 4 N–H and O–H groups in total. The van der Waals surface area contributed by atoms with Crippen molar-refractivity contribution in [3.05, 3.63) is 54.1 Å². The zero-order valence-corrected chi connectivity index (χ0v) is 14.6. The summed E-state index contributed by atoms with van der Waals surface area (Å²) in [6.07, 6.45) is 6.58. The molecule has 7 nitrogen and oxygen atoms in total. The SMILES string of the molecule is COc1ccc([C@H]2C3(C=CC(=O)C=C3)CC3(O)N(C)C(N)=NC23O)cc1. The van der Waals surface area contributed by atoms with E-state index in [9.17, 15) is 15.0 Å². The molecule has 26 heavy (non-hydrogen) atoms. The number of guanidine groups is 1. The number of methoxy groups -OCH3 is 1. The fourth-order valence-electron chi connectivity index (χ4n) is 4.46. The Labute approximate surface area is 151 Å². The molecule has 3 atom stereocenters. The normalized spacial score (nSPS) is 34.3. The van der Waals surface area contributed by atoms with Gasteiger partial charge in [0, 0.05) is 18.9 Å². The van der Waals surface area contributed by atoms with Crippen molar-refractivity contribution in [2.24, 2.45) is 16.1 Å². The molecule has 1 heterocycles.